The molecule has 1 aliphatic rings. The average Bonchev–Trinajstić information content (AvgIpc) is 3.25. The molecule has 1 rings (SSSR count). The fourth-order valence-electron chi connectivity index (χ4n) is 4.79. The zero-order valence-corrected chi connectivity index (χ0v) is 23.8. The van der Waals surface area contributed by atoms with Crippen LogP contribution >= 0.6 is 0 Å². The smallest absolute Gasteiger partial charge is 0.306 e. The summed E-state index contributed by atoms with van der Waals surface area (Å²) in [6, 6.07) is 0. The molecule has 0 spiro atoms. The minimum Gasteiger partial charge on any atom is -0.463 e. The van der Waals surface area contributed by atoms with Gasteiger partial charge < -0.3 is 24.4 Å². The third-order valence-corrected chi connectivity index (χ3v) is 7.22. The molecule has 1 heterocycles. The summed E-state index contributed by atoms with van der Waals surface area (Å²) in [5.41, 5.74) is 0. The Balaban J connectivity index is 2.08. The van der Waals surface area contributed by atoms with Crippen LogP contribution in [0.15, 0.2) is 0 Å². The number of ether oxygens (including phenoxy) is 3. The van der Waals surface area contributed by atoms with Crippen LogP contribution in [0.1, 0.15) is 142 Å². The maximum Gasteiger partial charge on any atom is 0.306 e. The Morgan fingerprint density at radius 3 is 1.65 bits per heavy atom. The molecule has 218 valence electrons. The summed E-state index contributed by atoms with van der Waals surface area (Å²) in [5.74, 6) is -0.698. The molecule has 7 heteroatoms. The number of aliphatic hydroxyl groups excluding tert-OH is 2. The van der Waals surface area contributed by atoms with E-state index in [1.54, 1.807) is 0 Å². The molecule has 0 aromatic carbocycles. The van der Waals surface area contributed by atoms with E-state index >= 15 is 0 Å². The lowest BCUT2D eigenvalue weighted by Gasteiger charge is -2.22. The highest BCUT2D eigenvalue weighted by Gasteiger charge is 2.42. The van der Waals surface area contributed by atoms with Gasteiger partial charge in [-0.2, -0.15) is 0 Å². The number of carbonyl (C=O) groups is 2. The summed E-state index contributed by atoms with van der Waals surface area (Å²) in [7, 11) is 0. The first kappa shape index (κ1) is 33.8. The number of hydrogen-bond acceptors (Lipinski definition) is 7. The van der Waals surface area contributed by atoms with Gasteiger partial charge in [-0.3, -0.25) is 9.59 Å². The Labute approximate surface area is 226 Å². The van der Waals surface area contributed by atoms with Crippen LogP contribution < -0.4 is 0 Å². The van der Waals surface area contributed by atoms with Gasteiger partial charge in [-0.1, -0.05) is 117 Å². The molecule has 2 N–H and O–H groups in total. The number of carbonyl (C=O) groups excluding carboxylic acids is 2. The van der Waals surface area contributed by atoms with Crippen LogP contribution in [0.25, 0.3) is 0 Å². The highest BCUT2D eigenvalue weighted by molar-refractivity contribution is 5.69. The lowest BCUT2D eigenvalue weighted by Crippen LogP contribution is -2.42. The predicted molar refractivity (Wildman–Crippen MR) is 146 cm³/mol. The van der Waals surface area contributed by atoms with Gasteiger partial charge in [-0.05, 0) is 12.8 Å². The molecule has 0 amide bonds. The molecule has 4 atom stereocenters. The van der Waals surface area contributed by atoms with Crippen molar-refractivity contribution in [3.05, 3.63) is 0 Å². The van der Waals surface area contributed by atoms with Crippen molar-refractivity contribution >= 4 is 11.9 Å². The standard InChI is InChI=1S/C30H56O7/c1-3-5-7-9-11-13-15-17-19-21-27(32)35-23-25(31)30-29(34)26(24-36-30)37-28(33)22-20-18-16-14-12-10-8-6-4-2/h25-26,29-31,34H,3-24H2,1-2H3/t25-,26+,29-,30-/m1/s1. The van der Waals surface area contributed by atoms with Gasteiger partial charge in [-0.25, -0.2) is 0 Å². The van der Waals surface area contributed by atoms with Crippen LogP contribution in [0.5, 0.6) is 0 Å². The Bertz CT molecular complexity index is 568. The number of rotatable bonds is 24. The van der Waals surface area contributed by atoms with Crippen molar-refractivity contribution in [2.45, 2.75) is 167 Å². The molecular formula is C30H56O7. The second-order valence-electron chi connectivity index (χ2n) is 10.7. The first-order valence-corrected chi connectivity index (χ1v) is 15.3. The Hall–Kier alpha value is -1.18. The minimum atomic E-state index is -1.16. The van der Waals surface area contributed by atoms with Gasteiger partial charge in [0, 0.05) is 12.8 Å². The lowest BCUT2D eigenvalue weighted by molar-refractivity contribution is -0.154. The van der Waals surface area contributed by atoms with E-state index in [9.17, 15) is 19.8 Å². The topological polar surface area (TPSA) is 102 Å². The predicted octanol–water partition coefficient (Wildman–Crippen LogP) is 6.40. The van der Waals surface area contributed by atoms with Crippen molar-refractivity contribution in [3.63, 3.8) is 0 Å². The van der Waals surface area contributed by atoms with Gasteiger partial charge in [-0.15, -0.1) is 0 Å². The summed E-state index contributed by atoms with van der Waals surface area (Å²) in [6.45, 7) is 4.22. The molecule has 7 nitrogen and oxygen atoms in total. The van der Waals surface area contributed by atoms with E-state index in [-0.39, 0.29) is 25.2 Å². The molecule has 37 heavy (non-hydrogen) atoms. The zero-order chi connectivity index (χ0) is 27.1. The van der Waals surface area contributed by atoms with Crippen molar-refractivity contribution in [1.29, 1.82) is 0 Å². The zero-order valence-electron chi connectivity index (χ0n) is 23.8. The monoisotopic (exact) mass is 528 g/mol. The second kappa shape index (κ2) is 22.8. The average molecular weight is 529 g/mol. The largest absolute Gasteiger partial charge is 0.463 e. The first-order chi connectivity index (χ1) is 18.0. The van der Waals surface area contributed by atoms with Crippen LogP contribution in [0.4, 0.5) is 0 Å². The van der Waals surface area contributed by atoms with E-state index < -0.39 is 24.4 Å². The van der Waals surface area contributed by atoms with E-state index in [2.05, 4.69) is 13.8 Å². The molecule has 0 aromatic heterocycles. The van der Waals surface area contributed by atoms with Crippen molar-refractivity contribution < 1.29 is 34.0 Å². The summed E-state index contributed by atoms with van der Waals surface area (Å²) >= 11 is 0. The van der Waals surface area contributed by atoms with Crippen molar-refractivity contribution in [1.82, 2.24) is 0 Å². The molecule has 0 radical (unpaired) electrons. The highest BCUT2D eigenvalue weighted by atomic mass is 16.6. The number of unbranched alkanes of at least 4 members (excludes halogenated alkanes) is 16. The molecular weight excluding hydrogens is 472 g/mol. The lowest BCUT2D eigenvalue weighted by atomic mass is 10.1. The normalized spacial score (nSPS) is 20.2. The fraction of sp³-hybridized carbons (Fsp3) is 0.933. The van der Waals surface area contributed by atoms with Crippen LogP contribution in [-0.4, -0.2) is 59.8 Å². The third-order valence-electron chi connectivity index (χ3n) is 7.22. The highest BCUT2D eigenvalue weighted by Crippen LogP contribution is 2.22. The fourth-order valence-corrected chi connectivity index (χ4v) is 4.79. The van der Waals surface area contributed by atoms with E-state index in [1.165, 1.54) is 77.0 Å². The third kappa shape index (κ3) is 17.1. The van der Waals surface area contributed by atoms with Gasteiger partial charge in [0.05, 0.1) is 6.61 Å². The van der Waals surface area contributed by atoms with Crippen LogP contribution in [-0.2, 0) is 23.8 Å². The number of aliphatic hydroxyl groups is 2. The number of esters is 2. The van der Waals surface area contributed by atoms with Crippen LogP contribution in [0.2, 0.25) is 0 Å². The molecule has 1 fully saturated rings. The maximum absolute atomic E-state index is 12.1. The molecule has 0 unspecified atom stereocenters. The van der Waals surface area contributed by atoms with Crippen molar-refractivity contribution in [3.8, 4) is 0 Å². The minimum absolute atomic E-state index is 0.0266. The van der Waals surface area contributed by atoms with E-state index in [1.807, 2.05) is 0 Å². The molecule has 0 bridgehead atoms. The van der Waals surface area contributed by atoms with E-state index in [0.717, 1.165) is 38.5 Å². The first-order valence-electron chi connectivity index (χ1n) is 15.3. The van der Waals surface area contributed by atoms with E-state index in [0.29, 0.717) is 12.8 Å². The quantitative estimate of drug-likeness (QED) is 0.110. The number of hydrogen-bond donors (Lipinski definition) is 2. The van der Waals surface area contributed by atoms with Crippen LogP contribution in [0, 0.1) is 0 Å². The van der Waals surface area contributed by atoms with Gasteiger partial charge in [0.2, 0.25) is 0 Å². The summed E-state index contributed by atoms with van der Waals surface area (Å²) in [4.78, 5) is 24.1. The second-order valence-corrected chi connectivity index (χ2v) is 10.7. The molecule has 0 aromatic rings. The Morgan fingerprint density at radius 1 is 0.730 bits per heavy atom. The SMILES string of the molecule is CCCCCCCCCCCC(=O)OC[C@@H](O)[C@H]1OC[C@H](OC(=O)CCCCCCCCCCC)[C@H]1O. The van der Waals surface area contributed by atoms with Gasteiger partial charge in [0.25, 0.3) is 0 Å². The van der Waals surface area contributed by atoms with Crippen molar-refractivity contribution in [2.24, 2.45) is 0 Å². The molecule has 1 aliphatic heterocycles. The summed E-state index contributed by atoms with van der Waals surface area (Å²) < 4.78 is 16.0. The van der Waals surface area contributed by atoms with Gasteiger partial charge >= 0.3 is 11.9 Å². The summed E-state index contributed by atoms with van der Waals surface area (Å²) in [6.07, 6.45) is 17.7. The van der Waals surface area contributed by atoms with Gasteiger partial charge in [0.15, 0.2) is 6.10 Å². The van der Waals surface area contributed by atoms with Gasteiger partial charge in [0.1, 0.15) is 24.9 Å². The Kier molecular flexibility index (Phi) is 20.8. The molecule has 0 saturated carbocycles. The molecule has 0 aliphatic carbocycles. The van der Waals surface area contributed by atoms with Crippen LogP contribution in [0.3, 0.4) is 0 Å². The maximum atomic E-state index is 12.1. The molecule has 1 saturated heterocycles. The summed E-state index contributed by atoms with van der Waals surface area (Å²) in [5, 5.41) is 20.8. The Morgan fingerprint density at radius 2 is 1.16 bits per heavy atom. The van der Waals surface area contributed by atoms with E-state index in [4.69, 9.17) is 14.2 Å². The van der Waals surface area contributed by atoms with Crippen molar-refractivity contribution in [2.75, 3.05) is 13.2 Å².